The van der Waals surface area contributed by atoms with Gasteiger partial charge >= 0.3 is 0 Å². The molecule has 32 heavy (non-hydrogen) atoms. The summed E-state index contributed by atoms with van der Waals surface area (Å²) in [6.45, 7) is 2.03. The average Bonchev–Trinajstić information content (AvgIpc) is 2.80. The lowest BCUT2D eigenvalue weighted by atomic mass is 9.94. The van der Waals surface area contributed by atoms with Crippen LogP contribution in [0.1, 0.15) is 21.5 Å². The third kappa shape index (κ3) is 4.42. The first-order chi connectivity index (χ1) is 15.5. The summed E-state index contributed by atoms with van der Waals surface area (Å²) in [7, 11) is 1.58. The first kappa shape index (κ1) is 21.4. The van der Waals surface area contributed by atoms with Crippen LogP contribution in [0.25, 0.3) is 22.3 Å². The van der Waals surface area contributed by atoms with Crippen molar-refractivity contribution < 1.29 is 18.3 Å². The number of nitrogens with zero attached hydrogens (tertiary/aromatic N) is 1. The van der Waals surface area contributed by atoms with Crippen molar-refractivity contribution >= 4 is 5.78 Å². The third-order valence-corrected chi connectivity index (χ3v) is 5.39. The van der Waals surface area contributed by atoms with Crippen LogP contribution in [0.5, 0.6) is 5.88 Å². The summed E-state index contributed by atoms with van der Waals surface area (Å²) >= 11 is 0. The number of rotatable bonds is 6. The van der Waals surface area contributed by atoms with Crippen molar-refractivity contribution in [3.63, 3.8) is 0 Å². The van der Waals surface area contributed by atoms with Gasteiger partial charge in [-0.3, -0.25) is 4.79 Å². The van der Waals surface area contributed by atoms with E-state index in [1.165, 1.54) is 6.07 Å². The molecular formula is C27H21F2NO2. The molecule has 0 bridgehead atoms. The molecule has 3 aromatic carbocycles. The number of methoxy groups -OCH3 is 1. The van der Waals surface area contributed by atoms with Gasteiger partial charge in [-0.1, -0.05) is 42.5 Å². The first-order valence-corrected chi connectivity index (χ1v) is 10.1. The van der Waals surface area contributed by atoms with Crippen molar-refractivity contribution in [3.8, 4) is 28.1 Å². The number of hydrogen-bond acceptors (Lipinski definition) is 3. The van der Waals surface area contributed by atoms with Crippen LogP contribution in [0.2, 0.25) is 0 Å². The van der Waals surface area contributed by atoms with Gasteiger partial charge in [0.05, 0.1) is 12.7 Å². The highest BCUT2D eigenvalue weighted by atomic mass is 19.1. The van der Waals surface area contributed by atoms with Crippen molar-refractivity contribution in [1.82, 2.24) is 4.98 Å². The Bertz CT molecular complexity index is 1250. The van der Waals surface area contributed by atoms with Crippen LogP contribution < -0.4 is 4.74 Å². The SMILES string of the molecule is COc1ccc(-c2ccc(C)c(-c3ccc(CC(=O)c4c(F)cccc4F)cc3)c2)cn1. The zero-order valence-corrected chi connectivity index (χ0v) is 17.7. The second kappa shape index (κ2) is 9.10. The summed E-state index contributed by atoms with van der Waals surface area (Å²) in [5.74, 6) is -1.71. The number of ketones is 1. The van der Waals surface area contributed by atoms with Gasteiger partial charge in [-0.25, -0.2) is 13.8 Å². The van der Waals surface area contributed by atoms with E-state index in [4.69, 9.17) is 4.74 Å². The van der Waals surface area contributed by atoms with Gasteiger partial charge in [0.1, 0.15) is 11.6 Å². The summed E-state index contributed by atoms with van der Waals surface area (Å²) in [5, 5.41) is 0. The minimum Gasteiger partial charge on any atom is -0.481 e. The molecule has 5 heteroatoms. The maximum absolute atomic E-state index is 13.9. The zero-order valence-electron chi connectivity index (χ0n) is 17.7. The predicted molar refractivity (Wildman–Crippen MR) is 121 cm³/mol. The number of halogens is 2. The normalized spacial score (nSPS) is 10.8. The number of pyridine rings is 1. The van der Waals surface area contributed by atoms with Gasteiger partial charge in [0.2, 0.25) is 5.88 Å². The lowest BCUT2D eigenvalue weighted by molar-refractivity contribution is 0.0985. The Balaban J connectivity index is 1.58. The highest BCUT2D eigenvalue weighted by Gasteiger charge is 2.17. The Morgan fingerprint density at radius 2 is 1.53 bits per heavy atom. The van der Waals surface area contributed by atoms with E-state index in [1.54, 1.807) is 13.3 Å². The molecule has 160 valence electrons. The lowest BCUT2D eigenvalue weighted by Gasteiger charge is -2.11. The van der Waals surface area contributed by atoms with Crippen LogP contribution in [0, 0.1) is 18.6 Å². The van der Waals surface area contributed by atoms with Crippen molar-refractivity contribution in [1.29, 1.82) is 0 Å². The summed E-state index contributed by atoms with van der Waals surface area (Å²) in [5.41, 5.74) is 5.34. The van der Waals surface area contributed by atoms with Gasteiger partial charge in [-0.2, -0.15) is 0 Å². The van der Waals surface area contributed by atoms with Crippen LogP contribution >= 0.6 is 0 Å². The molecule has 0 N–H and O–H groups in total. The summed E-state index contributed by atoms with van der Waals surface area (Å²) in [6, 6.07) is 20.8. The van der Waals surface area contributed by atoms with Crippen molar-refractivity contribution in [3.05, 3.63) is 107 Å². The molecule has 0 radical (unpaired) electrons. The van der Waals surface area contributed by atoms with Crippen LogP contribution in [0.15, 0.2) is 79.0 Å². The van der Waals surface area contributed by atoms with Crippen LogP contribution in [0.4, 0.5) is 8.78 Å². The maximum atomic E-state index is 13.9. The summed E-state index contributed by atoms with van der Waals surface area (Å²) in [6.07, 6.45) is 1.69. The molecule has 3 nitrogen and oxygen atoms in total. The molecule has 0 amide bonds. The second-order valence-electron chi connectivity index (χ2n) is 7.51. The van der Waals surface area contributed by atoms with E-state index in [2.05, 4.69) is 11.1 Å². The van der Waals surface area contributed by atoms with Crippen molar-refractivity contribution in [2.24, 2.45) is 0 Å². The van der Waals surface area contributed by atoms with Gasteiger partial charge < -0.3 is 4.74 Å². The van der Waals surface area contributed by atoms with E-state index in [0.29, 0.717) is 11.4 Å². The quantitative estimate of drug-likeness (QED) is 0.331. The van der Waals surface area contributed by atoms with Crippen molar-refractivity contribution in [2.45, 2.75) is 13.3 Å². The minimum atomic E-state index is -0.841. The Labute approximate surface area is 185 Å². The number of ether oxygens (including phenoxy) is 1. The average molecular weight is 429 g/mol. The molecule has 1 aromatic heterocycles. The highest BCUT2D eigenvalue weighted by Crippen LogP contribution is 2.30. The van der Waals surface area contributed by atoms with E-state index in [-0.39, 0.29) is 6.42 Å². The lowest BCUT2D eigenvalue weighted by Crippen LogP contribution is -2.09. The number of aromatic nitrogens is 1. The molecule has 4 aromatic rings. The standard InChI is InChI=1S/C27H21F2NO2/c1-17-6-9-20(21-12-13-26(32-2)30-16-21)15-22(17)19-10-7-18(8-11-19)14-25(31)27-23(28)4-3-5-24(27)29/h3-13,15-16H,14H2,1-2H3. The number of aryl methyl sites for hydroxylation is 1. The van der Waals surface area contributed by atoms with E-state index in [9.17, 15) is 13.6 Å². The summed E-state index contributed by atoms with van der Waals surface area (Å²) < 4.78 is 32.9. The number of hydrogen-bond donors (Lipinski definition) is 0. The largest absolute Gasteiger partial charge is 0.481 e. The van der Waals surface area contributed by atoms with Crippen molar-refractivity contribution in [2.75, 3.05) is 7.11 Å². The fourth-order valence-corrected chi connectivity index (χ4v) is 3.62. The Hall–Kier alpha value is -3.86. The van der Waals surface area contributed by atoms with Crippen LogP contribution in [-0.4, -0.2) is 17.9 Å². The van der Waals surface area contributed by atoms with E-state index in [0.717, 1.165) is 39.9 Å². The molecule has 0 aliphatic heterocycles. The zero-order chi connectivity index (χ0) is 22.7. The molecule has 0 atom stereocenters. The molecule has 1 heterocycles. The molecule has 0 spiro atoms. The Kier molecular flexibility index (Phi) is 6.08. The molecule has 0 aliphatic rings. The molecule has 0 unspecified atom stereocenters. The fraction of sp³-hybridized carbons (Fsp3) is 0.111. The molecule has 0 saturated carbocycles. The number of carbonyl (C=O) groups is 1. The fourth-order valence-electron chi connectivity index (χ4n) is 3.62. The van der Waals surface area contributed by atoms with Gasteiger partial charge in [0.25, 0.3) is 0 Å². The van der Waals surface area contributed by atoms with Gasteiger partial charge in [-0.05, 0) is 59.0 Å². The predicted octanol–water partition coefficient (Wildman–Crippen LogP) is 6.44. The maximum Gasteiger partial charge on any atom is 0.212 e. The molecule has 0 fully saturated rings. The summed E-state index contributed by atoms with van der Waals surface area (Å²) in [4.78, 5) is 16.7. The Morgan fingerprint density at radius 1 is 0.875 bits per heavy atom. The van der Waals surface area contributed by atoms with Gasteiger partial charge in [0, 0.05) is 24.2 Å². The van der Waals surface area contributed by atoms with E-state index >= 15 is 0 Å². The molecule has 4 rings (SSSR count). The number of carbonyl (C=O) groups excluding carboxylic acids is 1. The first-order valence-electron chi connectivity index (χ1n) is 10.1. The van der Waals surface area contributed by atoms with Gasteiger partial charge in [-0.15, -0.1) is 0 Å². The van der Waals surface area contributed by atoms with Gasteiger partial charge in [0.15, 0.2) is 5.78 Å². The van der Waals surface area contributed by atoms with Crippen LogP contribution in [-0.2, 0) is 6.42 Å². The van der Waals surface area contributed by atoms with Crippen LogP contribution in [0.3, 0.4) is 0 Å². The topological polar surface area (TPSA) is 39.2 Å². The molecule has 0 saturated heterocycles. The minimum absolute atomic E-state index is 0.0747. The van der Waals surface area contributed by atoms with E-state index in [1.807, 2.05) is 55.5 Å². The molecular weight excluding hydrogens is 408 g/mol. The van der Waals surface area contributed by atoms with E-state index < -0.39 is 23.0 Å². The third-order valence-electron chi connectivity index (χ3n) is 5.39. The Morgan fingerprint density at radius 3 is 2.16 bits per heavy atom. The number of benzene rings is 3. The smallest absolute Gasteiger partial charge is 0.212 e. The molecule has 0 aliphatic carbocycles. The second-order valence-corrected chi connectivity index (χ2v) is 7.51. The monoisotopic (exact) mass is 429 g/mol. The highest BCUT2D eigenvalue weighted by molar-refractivity contribution is 5.98. The number of Topliss-reactive ketones (excluding diaryl/α,β-unsaturated/α-hetero) is 1.